The Morgan fingerprint density at radius 3 is 2.72 bits per heavy atom. The van der Waals surface area contributed by atoms with E-state index in [2.05, 4.69) is 33.0 Å². The molecule has 5 nitrogen and oxygen atoms in total. The van der Waals surface area contributed by atoms with Gasteiger partial charge in [-0.3, -0.25) is 4.90 Å². The third-order valence-electron chi connectivity index (χ3n) is 4.54. The van der Waals surface area contributed by atoms with Gasteiger partial charge >= 0.3 is 6.03 Å². The van der Waals surface area contributed by atoms with Gasteiger partial charge in [-0.15, -0.1) is 11.3 Å². The van der Waals surface area contributed by atoms with Gasteiger partial charge in [-0.2, -0.15) is 0 Å². The van der Waals surface area contributed by atoms with Crippen molar-refractivity contribution < 1.29 is 9.53 Å². The number of nitrogens with one attached hydrogen (secondary N) is 2. The second kappa shape index (κ2) is 8.87. The van der Waals surface area contributed by atoms with Gasteiger partial charge in [0.05, 0.1) is 13.2 Å². The highest BCUT2D eigenvalue weighted by atomic mass is 32.1. The second-order valence-electron chi connectivity index (χ2n) is 6.15. The lowest BCUT2D eigenvalue weighted by Gasteiger charge is -2.27. The van der Waals surface area contributed by atoms with Gasteiger partial charge in [-0.1, -0.05) is 24.3 Å². The second-order valence-corrected chi connectivity index (χ2v) is 7.13. The molecule has 0 bridgehead atoms. The van der Waals surface area contributed by atoms with Crippen LogP contribution < -0.4 is 15.4 Å². The Kier molecular flexibility index (Phi) is 6.30. The number of nitrogens with zero attached hydrogens (tertiary/aromatic N) is 1. The number of hydrogen-bond acceptors (Lipinski definition) is 4. The first kappa shape index (κ1) is 17.8. The molecule has 1 atom stereocenters. The monoisotopic (exact) mass is 359 g/mol. The third-order valence-corrected chi connectivity index (χ3v) is 5.51. The normalized spacial score (nSPS) is 15.7. The highest BCUT2D eigenvalue weighted by molar-refractivity contribution is 7.10. The molecule has 1 aromatic heterocycles. The number of amides is 2. The van der Waals surface area contributed by atoms with Crippen LogP contribution in [0.4, 0.5) is 4.79 Å². The average Bonchev–Trinajstić information content (AvgIpc) is 3.35. The SMILES string of the molecule is COc1ccccc1CNC(=O)NCC(c1cccs1)N1CCCC1. The molecule has 2 N–H and O–H groups in total. The minimum absolute atomic E-state index is 0.147. The number of hydrogen-bond donors (Lipinski definition) is 2. The molecule has 0 saturated carbocycles. The zero-order valence-electron chi connectivity index (χ0n) is 14.5. The number of carbonyl (C=O) groups is 1. The molecule has 1 aliphatic heterocycles. The van der Waals surface area contributed by atoms with Crippen molar-refractivity contribution >= 4 is 17.4 Å². The van der Waals surface area contributed by atoms with Gasteiger partial charge in [0.25, 0.3) is 0 Å². The molecule has 2 heterocycles. The van der Waals surface area contributed by atoms with Gasteiger partial charge in [0.2, 0.25) is 0 Å². The Morgan fingerprint density at radius 1 is 1.20 bits per heavy atom. The van der Waals surface area contributed by atoms with Crippen molar-refractivity contribution in [3.63, 3.8) is 0 Å². The quantitative estimate of drug-likeness (QED) is 0.797. The smallest absolute Gasteiger partial charge is 0.315 e. The Morgan fingerprint density at radius 2 is 2.00 bits per heavy atom. The summed E-state index contributed by atoms with van der Waals surface area (Å²) in [6.07, 6.45) is 2.48. The van der Waals surface area contributed by atoms with Gasteiger partial charge in [0, 0.05) is 23.5 Å². The minimum Gasteiger partial charge on any atom is -0.496 e. The number of urea groups is 1. The van der Waals surface area contributed by atoms with Crippen LogP contribution >= 0.6 is 11.3 Å². The number of para-hydroxylation sites is 1. The lowest BCUT2D eigenvalue weighted by Crippen LogP contribution is -2.41. The minimum atomic E-state index is -0.147. The average molecular weight is 359 g/mol. The summed E-state index contributed by atoms with van der Waals surface area (Å²) in [5.74, 6) is 0.788. The Bertz CT molecular complexity index is 669. The molecule has 1 saturated heterocycles. The van der Waals surface area contributed by atoms with Crippen LogP contribution in [0, 0.1) is 0 Å². The third kappa shape index (κ3) is 4.74. The molecule has 1 fully saturated rings. The van der Waals surface area contributed by atoms with E-state index >= 15 is 0 Å². The van der Waals surface area contributed by atoms with Crippen molar-refractivity contribution in [2.75, 3.05) is 26.7 Å². The number of thiophene rings is 1. The standard InChI is InChI=1S/C19H25N3O2S/c1-24-17-8-3-2-7-15(17)13-20-19(23)21-14-16(18-9-6-12-25-18)22-10-4-5-11-22/h2-3,6-9,12,16H,4-5,10-11,13-14H2,1H3,(H2,20,21,23). The van der Waals surface area contributed by atoms with E-state index in [9.17, 15) is 4.79 Å². The molecular formula is C19H25N3O2S. The van der Waals surface area contributed by atoms with Crippen LogP contribution in [0.3, 0.4) is 0 Å². The number of benzene rings is 1. The summed E-state index contributed by atoms with van der Waals surface area (Å²) in [7, 11) is 1.64. The van der Waals surface area contributed by atoms with Crippen molar-refractivity contribution in [1.82, 2.24) is 15.5 Å². The lowest BCUT2D eigenvalue weighted by atomic mass is 10.2. The van der Waals surface area contributed by atoms with Gasteiger partial charge in [-0.05, 0) is 43.4 Å². The molecule has 0 radical (unpaired) electrons. The summed E-state index contributed by atoms with van der Waals surface area (Å²) >= 11 is 1.75. The fraction of sp³-hybridized carbons (Fsp3) is 0.421. The Balaban J connectivity index is 1.53. The lowest BCUT2D eigenvalue weighted by molar-refractivity contribution is 0.222. The number of rotatable bonds is 7. The Labute approximate surface area is 153 Å². The molecule has 1 aliphatic rings. The van der Waals surface area contributed by atoms with E-state index in [1.807, 2.05) is 24.3 Å². The largest absolute Gasteiger partial charge is 0.496 e. The van der Waals surface area contributed by atoms with Crippen molar-refractivity contribution in [3.8, 4) is 5.75 Å². The van der Waals surface area contributed by atoms with Crippen LogP contribution in [-0.2, 0) is 6.54 Å². The molecule has 6 heteroatoms. The number of likely N-dealkylation sites (tertiary alicyclic amines) is 1. The first-order chi connectivity index (χ1) is 12.3. The van der Waals surface area contributed by atoms with E-state index in [0.717, 1.165) is 24.4 Å². The van der Waals surface area contributed by atoms with E-state index in [1.54, 1.807) is 18.4 Å². The molecule has 0 aliphatic carbocycles. The summed E-state index contributed by atoms with van der Waals surface area (Å²) in [5.41, 5.74) is 0.967. The fourth-order valence-corrected chi connectivity index (χ4v) is 4.08. The van der Waals surface area contributed by atoms with Crippen LogP contribution in [0.2, 0.25) is 0 Å². The van der Waals surface area contributed by atoms with E-state index in [-0.39, 0.29) is 12.1 Å². The van der Waals surface area contributed by atoms with Crippen LogP contribution in [0.15, 0.2) is 41.8 Å². The number of carbonyl (C=O) groups excluding carboxylic acids is 1. The molecule has 0 spiro atoms. The summed E-state index contributed by atoms with van der Waals surface area (Å²) in [4.78, 5) is 16.0. The van der Waals surface area contributed by atoms with Gasteiger partial charge in [0.15, 0.2) is 0 Å². The maximum absolute atomic E-state index is 12.2. The predicted molar refractivity (Wildman–Crippen MR) is 101 cm³/mol. The highest BCUT2D eigenvalue weighted by Crippen LogP contribution is 2.27. The predicted octanol–water partition coefficient (Wildman–Crippen LogP) is 3.39. The molecule has 25 heavy (non-hydrogen) atoms. The fourth-order valence-electron chi connectivity index (χ4n) is 3.22. The summed E-state index contributed by atoms with van der Waals surface area (Å²) in [5, 5.41) is 8.05. The van der Waals surface area contributed by atoms with Gasteiger partial charge < -0.3 is 15.4 Å². The van der Waals surface area contributed by atoms with E-state index in [0.29, 0.717) is 13.1 Å². The zero-order chi connectivity index (χ0) is 17.5. The van der Waals surface area contributed by atoms with E-state index in [4.69, 9.17) is 4.74 Å². The molecule has 2 aromatic rings. The Hall–Kier alpha value is -2.05. The van der Waals surface area contributed by atoms with Crippen LogP contribution in [-0.4, -0.2) is 37.7 Å². The van der Waals surface area contributed by atoms with Crippen molar-refractivity contribution in [3.05, 3.63) is 52.2 Å². The molecular weight excluding hydrogens is 334 g/mol. The molecule has 134 valence electrons. The number of methoxy groups -OCH3 is 1. The zero-order valence-corrected chi connectivity index (χ0v) is 15.3. The summed E-state index contributed by atoms with van der Waals surface area (Å²) in [6.45, 7) is 3.28. The first-order valence-corrected chi connectivity index (χ1v) is 9.57. The molecule has 1 unspecified atom stereocenters. The first-order valence-electron chi connectivity index (χ1n) is 8.69. The number of ether oxygens (including phenoxy) is 1. The molecule has 1 aromatic carbocycles. The van der Waals surface area contributed by atoms with Crippen LogP contribution in [0.5, 0.6) is 5.75 Å². The van der Waals surface area contributed by atoms with Crippen LogP contribution in [0.25, 0.3) is 0 Å². The summed E-state index contributed by atoms with van der Waals surface area (Å²) < 4.78 is 5.32. The van der Waals surface area contributed by atoms with Gasteiger partial charge in [-0.25, -0.2) is 4.79 Å². The van der Waals surface area contributed by atoms with Crippen molar-refractivity contribution in [2.45, 2.75) is 25.4 Å². The van der Waals surface area contributed by atoms with Gasteiger partial charge in [0.1, 0.15) is 5.75 Å². The van der Waals surface area contributed by atoms with Crippen molar-refractivity contribution in [1.29, 1.82) is 0 Å². The maximum atomic E-state index is 12.2. The maximum Gasteiger partial charge on any atom is 0.315 e. The van der Waals surface area contributed by atoms with Crippen LogP contribution in [0.1, 0.15) is 29.3 Å². The van der Waals surface area contributed by atoms with Crippen molar-refractivity contribution in [2.24, 2.45) is 0 Å². The topological polar surface area (TPSA) is 53.6 Å². The molecule has 2 amide bonds. The van der Waals surface area contributed by atoms with E-state index in [1.165, 1.54) is 17.7 Å². The molecule has 3 rings (SSSR count). The summed E-state index contributed by atoms with van der Waals surface area (Å²) in [6, 6.07) is 12.1. The highest BCUT2D eigenvalue weighted by Gasteiger charge is 2.24. The van der Waals surface area contributed by atoms with E-state index < -0.39 is 0 Å².